The van der Waals surface area contributed by atoms with Crippen LogP contribution in [-0.2, 0) is 10.4 Å². The minimum Gasteiger partial charge on any atom is -0.497 e. The number of methoxy groups -OCH3 is 1. The van der Waals surface area contributed by atoms with E-state index in [0.29, 0.717) is 0 Å². The van der Waals surface area contributed by atoms with Gasteiger partial charge >= 0.3 is 6.18 Å². The summed E-state index contributed by atoms with van der Waals surface area (Å²) in [5, 5.41) is 11.5. The van der Waals surface area contributed by atoms with Gasteiger partial charge in [-0.2, -0.15) is 13.2 Å². The van der Waals surface area contributed by atoms with Crippen LogP contribution in [0, 0.1) is 0 Å². The summed E-state index contributed by atoms with van der Waals surface area (Å²) in [6.45, 7) is 0. The molecule has 7 heteroatoms. The molecular weight excluding hydrogens is 251 g/mol. The van der Waals surface area contributed by atoms with Gasteiger partial charge in [-0.05, 0) is 12.1 Å². The van der Waals surface area contributed by atoms with Crippen LogP contribution in [0.1, 0.15) is 5.56 Å². The zero-order valence-corrected chi connectivity index (χ0v) is 9.71. The maximum Gasteiger partial charge on any atom is 0.430 e. The summed E-state index contributed by atoms with van der Waals surface area (Å²) in [7, 11) is 2.28. The Kier molecular flexibility index (Phi) is 3.85. The number of ether oxygens (including phenoxy) is 1. The number of halogens is 3. The number of aliphatic hydroxyl groups is 1. The fourth-order valence-electron chi connectivity index (χ4n) is 1.45. The van der Waals surface area contributed by atoms with Crippen molar-refractivity contribution in [2.24, 2.45) is 0 Å². The summed E-state index contributed by atoms with van der Waals surface area (Å²) < 4.78 is 43.5. The van der Waals surface area contributed by atoms with Crippen LogP contribution in [0.3, 0.4) is 0 Å². The van der Waals surface area contributed by atoms with Crippen molar-refractivity contribution in [3.05, 3.63) is 29.8 Å². The van der Waals surface area contributed by atoms with Crippen molar-refractivity contribution >= 4 is 5.91 Å². The van der Waals surface area contributed by atoms with E-state index in [0.717, 1.165) is 19.2 Å². The number of rotatable bonds is 3. The van der Waals surface area contributed by atoms with Gasteiger partial charge in [0.05, 0.1) is 7.11 Å². The van der Waals surface area contributed by atoms with Crippen molar-refractivity contribution in [2.45, 2.75) is 11.8 Å². The van der Waals surface area contributed by atoms with Crippen LogP contribution < -0.4 is 10.1 Å². The maximum absolute atomic E-state index is 12.9. The Hall–Kier alpha value is -1.76. The predicted molar refractivity (Wildman–Crippen MR) is 57.0 cm³/mol. The van der Waals surface area contributed by atoms with Crippen LogP contribution in [0.5, 0.6) is 5.75 Å². The highest BCUT2D eigenvalue weighted by atomic mass is 19.4. The zero-order chi connectivity index (χ0) is 14.0. The van der Waals surface area contributed by atoms with Crippen molar-refractivity contribution in [2.75, 3.05) is 14.2 Å². The Morgan fingerprint density at radius 1 is 1.39 bits per heavy atom. The second-order valence-corrected chi connectivity index (χ2v) is 3.52. The third kappa shape index (κ3) is 2.26. The third-order valence-corrected chi connectivity index (χ3v) is 2.45. The molecule has 0 saturated heterocycles. The zero-order valence-electron chi connectivity index (χ0n) is 9.71. The van der Waals surface area contributed by atoms with E-state index >= 15 is 0 Å². The molecule has 1 unspecified atom stereocenters. The number of carbonyl (C=O) groups excluding carboxylic acids is 1. The summed E-state index contributed by atoms with van der Waals surface area (Å²) in [4.78, 5) is 11.4. The molecule has 0 radical (unpaired) electrons. The Morgan fingerprint density at radius 3 is 2.44 bits per heavy atom. The molecule has 1 atom stereocenters. The topological polar surface area (TPSA) is 58.6 Å². The summed E-state index contributed by atoms with van der Waals surface area (Å²) >= 11 is 0. The average molecular weight is 263 g/mol. The molecule has 1 rings (SSSR count). The van der Waals surface area contributed by atoms with E-state index < -0.39 is 23.2 Å². The first kappa shape index (κ1) is 14.3. The summed E-state index contributed by atoms with van der Waals surface area (Å²) in [6.07, 6.45) is -5.14. The van der Waals surface area contributed by atoms with Gasteiger partial charge in [0.2, 0.25) is 0 Å². The fourth-order valence-corrected chi connectivity index (χ4v) is 1.45. The highest BCUT2D eigenvalue weighted by Crippen LogP contribution is 2.40. The molecule has 0 aliphatic rings. The van der Waals surface area contributed by atoms with Crippen LogP contribution in [0.15, 0.2) is 24.3 Å². The number of hydrogen-bond acceptors (Lipinski definition) is 3. The smallest absolute Gasteiger partial charge is 0.430 e. The fraction of sp³-hybridized carbons (Fsp3) is 0.364. The molecule has 0 aliphatic carbocycles. The molecule has 0 bridgehead atoms. The van der Waals surface area contributed by atoms with Crippen LogP contribution in [-0.4, -0.2) is 31.3 Å². The van der Waals surface area contributed by atoms with Crippen molar-refractivity contribution in [1.82, 2.24) is 5.32 Å². The van der Waals surface area contributed by atoms with Gasteiger partial charge in [-0.15, -0.1) is 0 Å². The Morgan fingerprint density at radius 2 is 2.00 bits per heavy atom. The largest absolute Gasteiger partial charge is 0.497 e. The molecule has 0 spiro atoms. The first-order valence-electron chi connectivity index (χ1n) is 4.93. The van der Waals surface area contributed by atoms with Crippen molar-refractivity contribution in [3.63, 3.8) is 0 Å². The van der Waals surface area contributed by atoms with E-state index in [4.69, 9.17) is 4.74 Å². The number of likely N-dealkylation sites (N-methyl/N-ethyl adjacent to an activating group) is 1. The lowest BCUT2D eigenvalue weighted by molar-refractivity contribution is -0.256. The van der Waals surface area contributed by atoms with Crippen molar-refractivity contribution in [1.29, 1.82) is 0 Å². The molecule has 0 aromatic heterocycles. The second-order valence-electron chi connectivity index (χ2n) is 3.52. The van der Waals surface area contributed by atoms with E-state index in [1.807, 2.05) is 0 Å². The van der Waals surface area contributed by atoms with Crippen LogP contribution >= 0.6 is 0 Å². The van der Waals surface area contributed by atoms with Crippen LogP contribution in [0.4, 0.5) is 13.2 Å². The van der Waals surface area contributed by atoms with E-state index in [9.17, 15) is 23.1 Å². The Bertz CT molecular complexity index is 447. The molecule has 0 aliphatic heterocycles. The second kappa shape index (κ2) is 4.85. The number of nitrogens with one attached hydrogen (secondary N) is 1. The first-order valence-corrected chi connectivity index (χ1v) is 4.93. The molecule has 1 aromatic carbocycles. The quantitative estimate of drug-likeness (QED) is 0.861. The van der Waals surface area contributed by atoms with Gasteiger partial charge in [0.15, 0.2) is 0 Å². The SMILES string of the molecule is CNC(=O)C(O)(c1cccc(OC)c1)C(F)(F)F. The highest BCUT2D eigenvalue weighted by molar-refractivity contribution is 5.87. The van der Waals surface area contributed by atoms with E-state index in [1.165, 1.54) is 19.2 Å². The lowest BCUT2D eigenvalue weighted by Crippen LogP contribution is -2.53. The van der Waals surface area contributed by atoms with Crippen molar-refractivity contribution in [3.8, 4) is 5.75 Å². The number of benzene rings is 1. The first-order chi connectivity index (χ1) is 8.27. The number of hydrogen-bond donors (Lipinski definition) is 2. The van der Waals surface area contributed by atoms with Crippen LogP contribution in [0.2, 0.25) is 0 Å². The number of amides is 1. The minimum absolute atomic E-state index is 0.110. The molecule has 100 valence electrons. The third-order valence-electron chi connectivity index (χ3n) is 2.45. The lowest BCUT2D eigenvalue weighted by atomic mass is 9.92. The molecule has 0 heterocycles. The van der Waals surface area contributed by atoms with Gasteiger partial charge in [0, 0.05) is 12.6 Å². The molecule has 4 nitrogen and oxygen atoms in total. The molecule has 0 saturated carbocycles. The van der Waals surface area contributed by atoms with Crippen LogP contribution in [0.25, 0.3) is 0 Å². The Labute approximate surface area is 101 Å². The van der Waals surface area contributed by atoms with Gasteiger partial charge in [0.1, 0.15) is 5.75 Å². The summed E-state index contributed by atoms with van der Waals surface area (Å²) in [5.74, 6) is -1.44. The Balaban J connectivity index is 3.39. The minimum atomic E-state index is -5.14. The lowest BCUT2D eigenvalue weighted by Gasteiger charge is -2.29. The van der Waals surface area contributed by atoms with Gasteiger partial charge in [0.25, 0.3) is 11.5 Å². The van der Waals surface area contributed by atoms with Crippen molar-refractivity contribution < 1.29 is 27.8 Å². The predicted octanol–water partition coefficient (Wildman–Crippen LogP) is 1.19. The average Bonchev–Trinajstić information content (AvgIpc) is 2.35. The van der Waals surface area contributed by atoms with E-state index in [1.54, 1.807) is 5.32 Å². The molecule has 18 heavy (non-hydrogen) atoms. The van der Waals surface area contributed by atoms with Gasteiger partial charge in [-0.25, -0.2) is 0 Å². The van der Waals surface area contributed by atoms with Gasteiger partial charge in [-0.1, -0.05) is 12.1 Å². The normalized spacial score (nSPS) is 14.8. The number of carbonyl (C=O) groups is 1. The molecule has 2 N–H and O–H groups in total. The monoisotopic (exact) mass is 263 g/mol. The molecule has 1 aromatic rings. The molecular formula is C11H12F3NO3. The molecule has 0 fully saturated rings. The highest BCUT2D eigenvalue weighted by Gasteiger charge is 2.60. The van der Waals surface area contributed by atoms with E-state index in [2.05, 4.69) is 0 Å². The van der Waals surface area contributed by atoms with Gasteiger partial charge in [-0.3, -0.25) is 4.79 Å². The number of alkyl halides is 3. The van der Waals surface area contributed by atoms with E-state index in [-0.39, 0.29) is 5.75 Å². The maximum atomic E-state index is 12.9. The molecule has 1 amide bonds. The standard InChI is InChI=1S/C11H12F3NO3/c1-15-9(16)10(17,11(12,13)14)7-4-3-5-8(6-7)18-2/h3-6,17H,1-2H3,(H,15,16). The summed E-state index contributed by atoms with van der Waals surface area (Å²) in [6, 6.07) is 4.63. The van der Waals surface area contributed by atoms with Gasteiger partial charge < -0.3 is 15.2 Å². The summed E-state index contributed by atoms with van der Waals surface area (Å²) in [5.41, 5.74) is -4.20.